The summed E-state index contributed by atoms with van der Waals surface area (Å²) < 4.78 is 0. The van der Waals surface area contributed by atoms with Crippen molar-refractivity contribution < 1.29 is 5.11 Å². The molecular formula is C13H20N2O. The largest absolute Gasteiger partial charge is 0.385 e. The van der Waals surface area contributed by atoms with Crippen molar-refractivity contribution in [1.29, 1.82) is 0 Å². The first-order valence-electron chi connectivity index (χ1n) is 5.94. The highest BCUT2D eigenvalue weighted by atomic mass is 16.3. The Labute approximate surface area is 96.7 Å². The van der Waals surface area contributed by atoms with Gasteiger partial charge in [-0.1, -0.05) is 19.3 Å². The first kappa shape index (κ1) is 11.4. The van der Waals surface area contributed by atoms with Crippen LogP contribution in [-0.4, -0.2) is 10.1 Å². The molecule has 88 valence electrons. The maximum atomic E-state index is 10.6. The Balaban J connectivity index is 2.26. The van der Waals surface area contributed by atoms with Crippen LogP contribution in [0.3, 0.4) is 0 Å². The molecule has 1 unspecified atom stereocenters. The van der Waals surface area contributed by atoms with Crippen LogP contribution in [0.25, 0.3) is 0 Å². The number of aromatic nitrogens is 1. The molecule has 16 heavy (non-hydrogen) atoms. The Kier molecular flexibility index (Phi) is 2.89. The van der Waals surface area contributed by atoms with Gasteiger partial charge in [0.2, 0.25) is 0 Å². The third-order valence-corrected chi connectivity index (χ3v) is 3.64. The van der Waals surface area contributed by atoms with Crippen LogP contribution < -0.4 is 5.73 Å². The van der Waals surface area contributed by atoms with E-state index in [1.807, 2.05) is 19.9 Å². The molecule has 0 aliphatic heterocycles. The zero-order valence-corrected chi connectivity index (χ0v) is 10.0. The third-order valence-electron chi connectivity index (χ3n) is 3.64. The Hall–Kier alpha value is -1.09. The zero-order chi connectivity index (χ0) is 11.8. The van der Waals surface area contributed by atoms with Crippen LogP contribution in [0.4, 0.5) is 5.82 Å². The monoisotopic (exact) mass is 220 g/mol. The van der Waals surface area contributed by atoms with Gasteiger partial charge < -0.3 is 10.8 Å². The number of anilines is 1. The number of nitrogens with zero attached hydrogens (tertiary/aromatic N) is 1. The summed E-state index contributed by atoms with van der Waals surface area (Å²) in [5.74, 6) is 1.11. The lowest BCUT2D eigenvalue weighted by Gasteiger charge is -2.34. The van der Waals surface area contributed by atoms with Crippen LogP contribution in [-0.2, 0) is 5.60 Å². The summed E-state index contributed by atoms with van der Waals surface area (Å²) in [6.45, 7) is 3.83. The predicted molar refractivity (Wildman–Crippen MR) is 64.9 cm³/mol. The number of aryl methyl sites for hydroxylation is 1. The zero-order valence-electron chi connectivity index (χ0n) is 10.0. The summed E-state index contributed by atoms with van der Waals surface area (Å²) >= 11 is 0. The molecule has 1 aromatic rings. The summed E-state index contributed by atoms with van der Waals surface area (Å²) in [5.41, 5.74) is 6.86. The molecule has 3 nitrogen and oxygen atoms in total. The minimum absolute atomic E-state index is 0.462. The summed E-state index contributed by atoms with van der Waals surface area (Å²) in [4.78, 5) is 4.08. The van der Waals surface area contributed by atoms with Gasteiger partial charge in [0.25, 0.3) is 0 Å². The fourth-order valence-corrected chi connectivity index (χ4v) is 2.64. The van der Waals surface area contributed by atoms with Crippen LogP contribution in [0.15, 0.2) is 12.3 Å². The predicted octanol–water partition coefficient (Wildman–Crippen LogP) is 2.37. The Morgan fingerprint density at radius 1 is 1.56 bits per heavy atom. The molecule has 3 N–H and O–H groups in total. The number of hydrogen-bond donors (Lipinski definition) is 2. The average Bonchev–Trinajstić information content (AvgIpc) is 2.11. The van der Waals surface area contributed by atoms with E-state index in [2.05, 4.69) is 4.98 Å². The first-order chi connectivity index (χ1) is 7.50. The van der Waals surface area contributed by atoms with Crippen LogP contribution >= 0.6 is 0 Å². The van der Waals surface area contributed by atoms with Gasteiger partial charge in [0.1, 0.15) is 5.82 Å². The van der Waals surface area contributed by atoms with Crippen molar-refractivity contribution >= 4 is 5.82 Å². The van der Waals surface area contributed by atoms with Gasteiger partial charge in [-0.25, -0.2) is 4.98 Å². The molecule has 1 saturated carbocycles. The highest BCUT2D eigenvalue weighted by Crippen LogP contribution is 2.40. The molecular weight excluding hydrogens is 200 g/mol. The van der Waals surface area contributed by atoms with Crippen LogP contribution in [0.2, 0.25) is 0 Å². The Morgan fingerprint density at radius 3 is 2.75 bits per heavy atom. The number of nitrogen functional groups attached to an aromatic ring is 1. The number of pyridine rings is 1. The Morgan fingerprint density at radius 2 is 2.25 bits per heavy atom. The van der Waals surface area contributed by atoms with Crippen molar-refractivity contribution in [2.75, 3.05) is 5.73 Å². The summed E-state index contributed by atoms with van der Waals surface area (Å²) in [7, 11) is 0. The topological polar surface area (TPSA) is 59.1 Å². The minimum Gasteiger partial charge on any atom is -0.385 e. The van der Waals surface area contributed by atoms with Crippen molar-refractivity contribution in [1.82, 2.24) is 4.98 Å². The molecule has 0 radical (unpaired) electrons. The van der Waals surface area contributed by atoms with Crippen LogP contribution in [0, 0.1) is 12.8 Å². The van der Waals surface area contributed by atoms with Crippen molar-refractivity contribution in [2.45, 2.75) is 45.1 Å². The summed E-state index contributed by atoms with van der Waals surface area (Å²) in [6, 6.07) is 1.90. The molecule has 1 aromatic heterocycles. The standard InChI is InChI=1S/C13H20N2O/c1-9-6-7-15-12(14)11(9)13(2,16)8-10-4-3-5-10/h6-7,10,16H,3-5,8H2,1-2H3,(H2,14,15). The highest BCUT2D eigenvalue weighted by Gasteiger charge is 2.33. The lowest BCUT2D eigenvalue weighted by Crippen LogP contribution is -2.30. The van der Waals surface area contributed by atoms with Gasteiger partial charge in [-0.05, 0) is 37.8 Å². The van der Waals surface area contributed by atoms with E-state index in [0.717, 1.165) is 17.5 Å². The van der Waals surface area contributed by atoms with E-state index in [4.69, 9.17) is 5.73 Å². The smallest absolute Gasteiger partial charge is 0.129 e. The third kappa shape index (κ3) is 2.05. The number of rotatable bonds is 3. The number of hydrogen-bond acceptors (Lipinski definition) is 3. The molecule has 1 aliphatic carbocycles. The lowest BCUT2D eigenvalue weighted by molar-refractivity contribution is 0.0161. The van der Waals surface area contributed by atoms with E-state index in [1.165, 1.54) is 19.3 Å². The van der Waals surface area contributed by atoms with Gasteiger partial charge in [0.15, 0.2) is 0 Å². The second-order valence-electron chi connectivity index (χ2n) is 5.16. The van der Waals surface area contributed by atoms with E-state index in [0.29, 0.717) is 11.7 Å². The van der Waals surface area contributed by atoms with Crippen LogP contribution in [0.5, 0.6) is 0 Å². The normalized spacial score (nSPS) is 20.2. The van der Waals surface area contributed by atoms with E-state index in [-0.39, 0.29) is 0 Å². The minimum atomic E-state index is -0.840. The van der Waals surface area contributed by atoms with E-state index < -0.39 is 5.60 Å². The van der Waals surface area contributed by atoms with Gasteiger partial charge in [-0.2, -0.15) is 0 Å². The molecule has 1 fully saturated rings. The van der Waals surface area contributed by atoms with Gasteiger partial charge in [0.05, 0.1) is 5.60 Å². The maximum Gasteiger partial charge on any atom is 0.129 e. The fraction of sp³-hybridized carbons (Fsp3) is 0.615. The first-order valence-corrected chi connectivity index (χ1v) is 5.94. The summed E-state index contributed by atoms with van der Waals surface area (Å²) in [6.07, 6.45) is 6.24. The Bertz CT molecular complexity index is 363. The second kappa shape index (κ2) is 4.06. The number of nitrogens with two attached hydrogens (primary N) is 1. The van der Waals surface area contributed by atoms with Crippen molar-refractivity contribution in [2.24, 2.45) is 5.92 Å². The molecule has 0 amide bonds. The molecule has 1 heterocycles. The van der Waals surface area contributed by atoms with Crippen LogP contribution in [0.1, 0.15) is 43.7 Å². The van der Waals surface area contributed by atoms with Crippen molar-refractivity contribution in [3.8, 4) is 0 Å². The number of aliphatic hydroxyl groups is 1. The highest BCUT2D eigenvalue weighted by molar-refractivity contribution is 5.47. The summed E-state index contributed by atoms with van der Waals surface area (Å²) in [5, 5.41) is 10.6. The molecule has 1 aliphatic rings. The van der Waals surface area contributed by atoms with Gasteiger partial charge in [-0.3, -0.25) is 0 Å². The second-order valence-corrected chi connectivity index (χ2v) is 5.16. The maximum absolute atomic E-state index is 10.6. The van der Waals surface area contributed by atoms with Gasteiger partial charge >= 0.3 is 0 Å². The SMILES string of the molecule is Cc1ccnc(N)c1C(C)(O)CC1CCC1. The fourth-order valence-electron chi connectivity index (χ4n) is 2.64. The quantitative estimate of drug-likeness (QED) is 0.822. The van der Waals surface area contributed by atoms with Gasteiger partial charge in [0, 0.05) is 11.8 Å². The van der Waals surface area contributed by atoms with E-state index >= 15 is 0 Å². The molecule has 0 bridgehead atoms. The molecule has 0 aromatic carbocycles. The van der Waals surface area contributed by atoms with E-state index in [1.54, 1.807) is 6.20 Å². The molecule has 1 atom stereocenters. The van der Waals surface area contributed by atoms with Gasteiger partial charge in [-0.15, -0.1) is 0 Å². The molecule has 3 heteroatoms. The average molecular weight is 220 g/mol. The van der Waals surface area contributed by atoms with E-state index in [9.17, 15) is 5.11 Å². The van der Waals surface area contributed by atoms with Crippen molar-refractivity contribution in [3.63, 3.8) is 0 Å². The lowest BCUT2D eigenvalue weighted by atomic mass is 9.75. The molecule has 0 saturated heterocycles. The molecule has 0 spiro atoms. The molecule has 2 rings (SSSR count). The van der Waals surface area contributed by atoms with Crippen molar-refractivity contribution in [3.05, 3.63) is 23.4 Å².